The second kappa shape index (κ2) is 5.81. The van der Waals surface area contributed by atoms with E-state index >= 15 is 0 Å². The van der Waals surface area contributed by atoms with Crippen molar-refractivity contribution in [2.45, 2.75) is 19.8 Å². The molecule has 1 aromatic heterocycles. The Morgan fingerprint density at radius 3 is 2.93 bits per heavy atom. The maximum atomic E-state index is 10.6. The zero-order valence-corrected chi connectivity index (χ0v) is 9.43. The fourth-order valence-corrected chi connectivity index (χ4v) is 1.83. The fourth-order valence-electron chi connectivity index (χ4n) is 1.39. The van der Waals surface area contributed by atoms with Gasteiger partial charge in [-0.2, -0.15) is 11.8 Å². The Morgan fingerprint density at radius 2 is 2.29 bits per heavy atom. The molecule has 0 fully saturated rings. The predicted octanol–water partition coefficient (Wildman–Crippen LogP) is 2.50. The van der Waals surface area contributed by atoms with Gasteiger partial charge in [0.2, 0.25) is 0 Å². The van der Waals surface area contributed by atoms with Crippen LogP contribution in [0.2, 0.25) is 0 Å². The molecule has 0 aliphatic carbocycles. The van der Waals surface area contributed by atoms with Crippen LogP contribution in [0.5, 0.6) is 0 Å². The van der Waals surface area contributed by atoms with Crippen LogP contribution >= 0.6 is 11.8 Å². The van der Waals surface area contributed by atoms with Crippen LogP contribution in [0.3, 0.4) is 0 Å². The van der Waals surface area contributed by atoms with E-state index in [-0.39, 0.29) is 0 Å². The van der Waals surface area contributed by atoms with Crippen LogP contribution in [-0.2, 0) is 6.42 Å². The number of carbonyl (C=O) groups excluding carboxylic acids is 1. The molecular weight excluding hydrogens is 194 g/mol. The molecule has 0 aliphatic heterocycles. The molecule has 3 heteroatoms. The predicted molar refractivity (Wildman–Crippen MR) is 61.1 cm³/mol. The summed E-state index contributed by atoms with van der Waals surface area (Å²) in [5.74, 6) is 1.16. The first-order valence-corrected chi connectivity index (χ1v) is 6.07. The number of aromatic nitrogens is 1. The van der Waals surface area contributed by atoms with Gasteiger partial charge in [0.1, 0.15) is 5.69 Å². The SMILES string of the molecule is CSCCCc1cc(C)nc(C=O)c1. The first-order valence-electron chi connectivity index (χ1n) is 4.68. The molecule has 2 nitrogen and oxygen atoms in total. The number of aryl methyl sites for hydroxylation is 2. The van der Waals surface area contributed by atoms with Crippen LogP contribution in [0.25, 0.3) is 0 Å². The van der Waals surface area contributed by atoms with Crippen LogP contribution in [0.1, 0.15) is 28.2 Å². The number of hydrogen-bond donors (Lipinski definition) is 0. The number of nitrogens with zero attached hydrogens (tertiary/aromatic N) is 1. The third-order valence-electron chi connectivity index (χ3n) is 1.97. The van der Waals surface area contributed by atoms with Gasteiger partial charge in [-0.05, 0) is 49.5 Å². The standard InChI is InChI=1S/C11H15NOS/c1-9-6-10(4-3-5-14-2)7-11(8-13)12-9/h6-8H,3-5H2,1-2H3. The van der Waals surface area contributed by atoms with Crippen LogP contribution < -0.4 is 0 Å². The molecule has 1 rings (SSSR count). The van der Waals surface area contributed by atoms with Gasteiger partial charge in [-0.15, -0.1) is 0 Å². The van der Waals surface area contributed by atoms with Crippen molar-refractivity contribution in [2.75, 3.05) is 12.0 Å². The van der Waals surface area contributed by atoms with E-state index in [0.29, 0.717) is 5.69 Å². The molecule has 0 aliphatic rings. The first-order chi connectivity index (χ1) is 6.76. The number of rotatable bonds is 5. The van der Waals surface area contributed by atoms with E-state index in [1.54, 1.807) is 0 Å². The van der Waals surface area contributed by atoms with Crippen LogP contribution in [0.15, 0.2) is 12.1 Å². The van der Waals surface area contributed by atoms with Gasteiger partial charge in [-0.1, -0.05) is 0 Å². The third-order valence-corrected chi connectivity index (χ3v) is 2.66. The highest BCUT2D eigenvalue weighted by Crippen LogP contribution is 2.08. The molecule has 1 heterocycles. The van der Waals surface area contributed by atoms with E-state index in [4.69, 9.17) is 0 Å². The number of pyridine rings is 1. The van der Waals surface area contributed by atoms with Crippen molar-refractivity contribution in [3.05, 3.63) is 29.1 Å². The van der Waals surface area contributed by atoms with Crippen molar-refractivity contribution in [1.82, 2.24) is 4.98 Å². The van der Waals surface area contributed by atoms with Gasteiger partial charge in [0.25, 0.3) is 0 Å². The summed E-state index contributed by atoms with van der Waals surface area (Å²) in [5.41, 5.74) is 2.69. The summed E-state index contributed by atoms with van der Waals surface area (Å²) < 4.78 is 0. The Balaban J connectivity index is 2.66. The second-order valence-corrected chi connectivity index (χ2v) is 4.24. The van der Waals surface area contributed by atoms with Gasteiger partial charge in [-0.3, -0.25) is 9.78 Å². The molecule has 0 spiro atoms. The summed E-state index contributed by atoms with van der Waals surface area (Å²) in [4.78, 5) is 14.7. The Kier molecular flexibility index (Phi) is 4.66. The normalized spacial score (nSPS) is 10.1. The summed E-state index contributed by atoms with van der Waals surface area (Å²) in [6, 6.07) is 3.92. The molecule has 0 aromatic carbocycles. The third kappa shape index (κ3) is 3.50. The van der Waals surface area contributed by atoms with E-state index in [1.165, 1.54) is 5.56 Å². The maximum absolute atomic E-state index is 10.6. The van der Waals surface area contributed by atoms with Gasteiger partial charge in [0.05, 0.1) is 0 Å². The minimum atomic E-state index is 0.546. The lowest BCUT2D eigenvalue weighted by molar-refractivity contribution is 0.111. The molecule has 0 radical (unpaired) electrons. The van der Waals surface area contributed by atoms with Crippen molar-refractivity contribution in [3.63, 3.8) is 0 Å². The van der Waals surface area contributed by atoms with E-state index in [2.05, 4.69) is 11.2 Å². The molecule has 0 atom stereocenters. The zero-order valence-electron chi connectivity index (χ0n) is 8.62. The van der Waals surface area contributed by atoms with E-state index in [9.17, 15) is 4.79 Å². The Labute approximate surface area is 89.1 Å². The average molecular weight is 209 g/mol. The number of hydrogen-bond acceptors (Lipinski definition) is 3. The number of aldehydes is 1. The topological polar surface area (TPSA) is 30.0 Å². The van der Waals surface area contributed by atoms with Gasteiger partial charge >= 0.3 is 0 Å². The lowest BCUT2D eigenvalue weighted by atomic mass is 10.1. The van der Waals surface area contributed by atoms with E-state index in [1.807, 2.05) is 30.8 Å². The highest BCUT2D eigenvalue weighted by Gasteiger charge is 1.99. The smallest absolute Gasteiger partial charge is 0.168 e. The lowest BCUT2D eigenvalue weighted by Gasteiger charge is -2.02. The highest BCUT2D eigenvalue weighted by molar-refractivity contribution is 7.98. The van der Waals surface area contributed by atoms with E-state index in [0.717, 1.165) is 30.6 Å². The fraction of sp³-hybridized carbons (Fsp3) is 0.455. The summed E-state index contributed by atoms with van der Waals surface area (Å²) in [6.07, 6.45) is 5.10. The molecule has 0 unspecified atom stereocenters. The molecule has 76 valence electrons. The van der Waals surface area contributed by atoms with Gasteiger partial charge < -0.3 is 0 Å². The molecule has 0 bridgehead atoms. The maximum Gasteiger partial charge on any atom is 0.168 e. The molecule has 0 N–H and O–H groups in total. The van der Waals surface area contributed by atoms with Crippen molar-refractivity contribution >= 4 is 18.0 Å². The highest BCUT2D eigenvalue weighted by atomic mass is 32.2. The average Bonchev–Trinajstić information content (AvgIpc) is 2.17. The Bertz CT molecular complexity index is 312. The Hall–Kier alpha value is -0.830. The van der Waals surface area contributed by atoms with Crippen LogP contribution in [0, 0.1) is 6.92 Å². The Morgan fingerprint density at radius 1 is 1.50 bits per heavy atom. The summed E-state index contributed by atoms with van der Waals surface area (Å²) >= 11 is 1.85. The number of carbonyl (C=O) groups is 1. The monoisotopic (exact) mass is 209 g/mol. The summed E-state index contributed by atoms with van der Waals surface area (Å²) in [6.45, 7) is 1.92. The number of thioether (sulfide) groups is 1. The molecule has 14 heavy (non-hydrogen) atoms. The minimum absolute atomic E-state index is 0.546. The molecule has 0 saturated carbocycles. The lowest BCUT2D eigenvalue weighted by Crippen LogP contribution is -1.95. The largest absolute Gasteiger partial charge is 0.296 e. The van der Waals surface area contributed by atoms with Gasteiger partial charge in [-0.25, -0.2) is 0 Å². The second-order valence-electron chi connectivity index (χ2n) is 3.26. The zero-order chi connectivity index (χ0) is 10.4. The van der Waals surface area contributed by atoms with Gasteiger partial charge in [0, 0.05) is 5.69 Å². The van der Waals surface area contributed by atoms with Crippen molar-refractivity contribution < 1.29 is 4.79 Å². The first kappa shape index (κ1) is 11.2. The quantitative estimate of drug-likeness (QED) is 0.551. The van der Waals surface area contributed by atoms with E-state index < -0.39 is 0 Å². The van der Waals surface area contributed by atoms with Crippen molar-refractivity contribution in [2.24, 2.45) is 0 Å². The summed E-state index contributed by atoms with van der Waals surface area (Å²) in [7, 11) is 0. The van der Waals surface area contributed by atoms with Crippen molar-refractivity contribution in [3.8, 4) is 0 Å². The minimum Gasteiger partial charge on any atom is -0.296 e. The van der Waals surface area contributed by atoms with Crippen LogP contribution in [-0.4, -0.2) is 23.3 Å². The van der Waals surface area contributed by atoms with Crippen LogP contribution in [0.4, 0.5) is 0 Å². The summed E-state index contributed by atoms with van der Waals surface area (Å²) in [5, 5.41) is 0. The molecule has 0 saturated heterocycles. The molecular formula is C11H15NOS. The molecule has 1 aromatic rings. The van der Waals surface area contributed by atoms with Crippen molar-refractivity contribution in [1.29, 1.82) is 0 Å². The van der Waals surface area contributed by atoms with Gasteiger partial charge in [0.15, 0.2) is 6.29 Å². The molecule has 0 amide bonds.